The fraction of sp³-hybridized carbons (Fsp3) is 0.467. The van der Waals surface area contributed by atoms with Gasteiger partial charge in [-0.25, -0.2) is 0 Å². The molecule has 0 bridgehead atoms. The lowest BCUT2D eigenvalue weighted by molar-refractivity contribution is 0.0696. The summed E-state index contributed by atoms with van der Waals surface area (Å²) in [7, 11) is 3.12. The highest BCUT2D eigenvalue weighted by Gasteiger charge is 2.19. The van der Waals surface area contributed by atoms with E-state index in [1.165, 1.54) is 7.11 Å². The Morgan fingerprint density at radius 1 is 1.35 bits per heavy atom. The van der Waals surface area contributed by atoms with Crippen molar-refractivity contribution in [3.8, 4) is 11.8 Å². The van der Waals surface area contributed by atoms with Crippen LogP contribution in [0.25, 0.3) is 0 Å². The van der Waals surface area contributed by atoms with Crippen LogP contribution in [0, 0.1) is 18.3 Å². The lowest BCUT2D eigenvalue weighted by Crippen LogP contribution is -2.35. The summed E-state index contributed by atoms with van der Waals surface area (Å²) in [4.78, 5) is 14.2. The molecule has 20 heavy (non-hydrogen) atoms. The first-order chi connectivity index (χ1) is 9.63. The summed E-state index contributed by atoms with van der Waals surface area (Å²) in [6, 6.07) is 7.53. The summed E-state index contributed by atoms with van der Waals surface area (Å²) in [6.45, 7) is 3.19. The summed E-state index contributed by atoms with van der Waals surface area (Å²) >= 11 is 0. The Balaban J connectivity index is 2.98. The molecule has 0 spiro atoms. The first kappa shape index (κ1) is 16.0. The van der Waals surface area contributed by atoms with Crippen LogP contribution in [0.2, 0.25) is 0 Å². The van der Waals surface area contributed by atoms with E-state index in [0.29, 0.717) is 37.4 Å². The van der Waals surface area contributed by atoms with Gasteiger partial charge in [0.25, 0.3) is 5.91 Å². The zero-order valence-corrected chi connectivity index (χ0v) is 12.2. The molecule has 0 aliphatic rings. The van der Waals surface area contributed by atoms with Crippen LogP contribution in [-0.4, -0.2) is 44.7 Å². The van der Waals surface area contributed by atoms with Gasteiger partial charge >= 0.3 is 0 Å². The van der Waals surface area contributed by atoms with Crippen LogP contribution in [0.1, 0.15) is 22.3 Å². The maximum Gasteiger partial charge on any atom is 0.257 e. The van der Waals surface area contributed by atoms with Gasteiger partial charge in [-0.05, 0) is 19.1 Å². The number of methoxy groups -OCH3 is 2. The van der Waals surface area contributed by atoms with Gasteiger partial charge in [-0.2, -0.15) is 5.26 Å². The van der Waals surface area contributed by atoms with E-state index in [1.54, 1.807) is 24.1 Å². The monoisotopic (exact) mass is 276 g/mol. The third-order valence-corrected chi connectivity index (χ3v) is 2.93. The molecular weight excluding hydrogens is 256 g/mol. The number of carbonyl (C=O) groups excluding carboxylic acids is 1. The largest absolute Gasteiger partial charge is 0.496 e. The van der Waals surface area contributed by atoms with Crippen LogP contribution < -0.4 is 4.74 Å². The molecule has 0 fully saturated rings. The number of rotatable bonds is 7. The van der Waals surface area contributed by atoms with Crippen molar-refractivity contribution in [1.82, 2.24) is 4.90 Å². The van der Waals surface area contributed by atoms with E-state index in [2.05, 4.69) is 6.07 Å². The third-order valence-electron chi connectivity index (χ3n) is 2.93. The van der Waals surface area contributed by atoms with Gasteiger partial charge in [-0.1, -0.05) is 11.6 Å². The number of amides is 1. The molecule has 0 aliphatic carbocycles. The summed E-state index contributed by atoms with van der Waals surface area (Å²) in [5.74, 6) is 0.401. The Hall–Kier alpha value is -2.06. The highest BCUT2D eigenvalue weighted by atomic mass is 16.5. The SMILES string of the molecule is COCCN(CCC#N)C(=O)c1cc(C)ccc1OC. The average Bonchev–Trinajstić information content (AvgIpc) is 2.46. The molecular formula is C15H20N2O3. The first-order valence-corrected chi connectivity index (χ1v) is 6.43. The van der Waals surface area contributed by atoms with Crippen LogP contribution in [-0.2, 0) is 4.74 Å². The number of carbonyl (C=O) groups is 1. The normalized spacial score (nSPS) is 9.90. The summed E-state index contributed by atoms with van der Waals surface area (Å²) in [5.41, 5.74) is 1.50. The number of hydrogen-bond donors (Lipinski definition) is 0. The van der Waals surface area contributed by atoms with Crippen molar-refractivity contribution in [3.05, 3.63) is 29.3 Å². The summed E-state index contributed by atoms with van der Waals surface area (Å²) in [5, 5.41) is 8.69. The lowest BCUT2D eigenvalue weighted by Gasteiger charge is -2.22. The fourth-order valence-electron chi connectivity index (χ4n) is 1.86. The van der Waals surface area contributed by atoms with E-state index in [4.69, 9.17) is 14.7 Å². The molecule has 0 radical (unpaired) electrons. The molecule has 108 valence electrons. The van der Waals surface area contributed by atoms with Crippen molar-refractivity contribution in [1.29, 1.82) is 5.26 Å². The van der Waals surface area contributed by atoms with Gasteiger partial charge in [0.2, 0.25) is 0 Å². The van der Waals surface area contributed by atoms with E-state index in [1.807, 2.05) is 13.0 Å². The van der Waals surface area contributed by atoms with E-state index >= 15 is 0 Å². The van der Waals surface area contributed by atoms with Crippen LogP contribution >= 0.6 is 0 Å². The number of ether oxygens (including phenoxy) is 2. The topological polar surface area (TPSA) is 62.6 Å². The highest BCUT2D eigenvalue weighted by molar-refractivity contribution is 5.97. The minimum absolute atomic E-state index is 0.141. The number of nitrogens with zero attached hydrogens (tertiary/aromatic N) is 2. The number of hydrogen-bond acceptors (Lipinski definition) is 4. The van der Waals surface area contributed by atoms with E-state index in [9.17, 15) is 4.79 Å². The molecule has 0 saturated carbocycles. The molecule has 0 aliphatic heterocycles. The predicted octanol–water partition coefficient (Wildman–Crippen LogP) is 2.01. The summed E-state index contributed by atoms with van der Waals surface area (Å²) in [6.07, 6.45) is 0.295. The maximum atomic E-state index is 12.6. The van der Waals surface area contributed by atoms with Gasteiger partial charge in [0.1, 0.15) is 5.75 Å². The molecule has 0 heterocycles. The average molecular weight is 276 g/mol. The number of nitriles is 1. The highest BCUT2D eigenvalue weighted by Crippen LogP contribution is 2.21. The van der Waals surface area contributed by atoms with E-state index in [-0.39, 0.29) is 5.91 Å². The Morgan fingerprint density at radius 2 is 2.10 bits per heavy atom. The van der Waals surface area contributed by atoms with Gasteiger partial charge in [-0.3, -0.25) is 4.79 Å². The Morgan fingerprint density at radius 3 is 2.70 bits per heavy atom. The van der Waals surface area contributed by atoms with Gasteiger partial charge in [0, 0.05) is 20.2 Å². The Bertz CT molecular complexity index is 494. The molecule has 0 saturated heterocycles. The third kappa shape index (κ3) is 4.25. The van der Waals surface area contributed by atoms with E-state index in [0.717, 1.165) is 5.56 Å². The standard InChI is InChI=1S/C15H20N2O3/c1-12-5-6-14(20-3)13(11-12)15(18)17(8-4-7-16)9-10-19-2/h5-6,11H,4,8-10H2,1-3H3. The van der Waals surface area contributed by atoms with Crippen molar-refractivity contribution in [3.63, 3.8) is 0 Å². The van der Waals surface area contributed by atoms with Crippen molar-refractivity contribution >= 4 is 5.91 Å². The van der Waals surface area contributed by atoms with Gasteiger partial charge in [0.15, 0.2) is 0 Å². The quantitative estimate of drug-likeness (QED) is 0.764. The zero-order valence-electron chi connectivity index (χ0n) is 12.2. The molecule has 0 aromatic heterocycles. The first-order valence-electron chi connectivity index (χ1n) is 6.43. The maximum absolute atomic E-state index is 12.6. The van der Waals surface area contributed by atoms with Crippen LogP contribution in [0.15, 0.2) is 18.2 Å². The predicted molar refractivity (Wildman–Crippen MR) is 75.7 cm³/mol. The molecule has 0 unspecified atom stereocenters. The van der Waals surface area contributed by atoms with Crippen LogP contribution in [0.5, 0.6) is 5.75 Å². The van der Waals surface area contributed by atoms with Crippen molar-refractivity contribution in [2.24, 2.45) is 0 Å². The molecule has 1 aromatic rings. The Labute approximate surface area is 119 Å². The van der Waals surface area contributed by atoms with Gasteiger partial charge in [0.05, 0.1) is 31.8 Å². The van der Waals surface area contributed by atoms with Crippen molar-refractivity contribution in [2.75, 3.05) is 33.9 Å². The molecule has 5 nitrogen and oxygen atoms in total. The van der Waals surface area contributed by atoms with Gasteiger partial charge in [-0.15, -0.1) is 0 Å². The van der Waals surface area contributed by atoms with Crippen LogP contribution in [0.4, 0.5) is 0 Å². The minimum atomic E-state index is -0.141. The molecule has 1 rings (SSSR count). The van der Waals surface area contributed by atoms with Crippen molar-refractivity contribution < 1.29 is 14.3 Å². The van der Waals surface area contributed by atoms with Gasteiger partial charge < -0.3 is 14.4 Å². The molecule has 1 aromatic carbocycles. The molecule has 1 amide bonds. The number of benzene rings is 1. The second kappa shape index (κ2) is 8.18. The fourth-order valence-corrected chi connectivity index (χ4v) is 1.86. The van der Waals surface area contributed by atoms with Crippen molar-refractivity contribution in [2.45, 2.75) is 13.3 Å². The minimum Gasteiger partial charge on any atom is -0.496 e. The second-order valence-electron chi connectivity index (χ2n) is 4.40. The lowest BCUT2D eigenvalue weighted by atomic mass is 10.1. The summed E-state index contributed by atoms with van der Waals surface area (Å²) < 4.78 is 10.2. The smallest absolute Gasteiger partial charge is 0.257 e. The Kier molecular flexibility index (Phi) is 6.54. The number of aryl methyl sites for hydroxylation is 1. The van der Waals surface area contributed by atoms with Crippen LogP contribution in [0.3, 0.4) is 0 Å². The van der Waals surface area contributed by atoms with E-state index < -0.39 is 0 Å². The molecule has 0 atom stereocenters. The second-order valence-corrected chi connectivity index (χ2v) is 4.40. The molecule has 5 heteroatoms. The molecule has 0 N–H and O–H groups in total. The zero-order chi connectivity index (χ0) is 15.0.